The first-order valence-corrected chi connectivity index (χ1v) is 13.8. The van der Waals surface area contributed by atoms with Crippen molar-refractivity contribution in [2.75, 3.05) is 25.0 Å². The molecule has 0 bridgehead atoms. The van der Waals surface area contributed by atoms with Gasteiger partial charge in [-0.05, 0) is 50.3 Å². The molecule has 5 nitrogen and oxygen atoms in total. The van der Waals surface area contributed by atoms with Gasteiger partial charge in [0.15, 0.2) is 10.7 Å². The molecule has 1 aromatic heterocycles. The Kier molecular flexibility index (Phi) is 9.90. The van der Waals surface area contributed by atoms with Crippen molar-refractivity contribution in [1.82, 2.24) is 9.88 Å². The maximum Gasteiger partial charge on any atom is 0.357 e. The topological polar surface area (TPSA) is 54.5 Å². The summed E-state index contributed by atoms with van der Waals surface area (Å²) in [5.41, 5.74) is 1.31. The normalized spacial score (nSPS) is 14.5. The molecule has 210 valence electrons. The van der Waals surface area contributed by atoms with Gasteiger partial charge in [0.2, 0.25) is 34.8 Å². The lowest BCUT2D eigenvalue weighted by atomic mass is 9.90. The van der Waals surface area contributed by atoms with Crippen LogP contribution in [0.5, 0.6) is 5.75 Å². The van der Waals surface area contributed by atoms with Crippen molar-refractivity contribution in [3.05, 3.63) is 74.9 Å². The largest absolute Gasteiger partial charge is 0.416 e. The van der Waals surface area contributed by atoms with Crippen LogP contribution in [0.2, 0.25) is 0 Å². The number of hydrogen-bond donors (Lipinski definition) is 1. The van der Waals surface area contributed by atoms with Gasteiger partial charge < -0.3 is 10.1 Å². The third-order valence-corrected chi connectivity index (χ3v) is 7.75. The van der Waals surface area contributed by atoms with E-state index >= 15 is 0 Å². The number of hydrogen-bond acceptors (Lipinski definition) is 6. The van der Waals surface area contributed by atoms with Gasteiger partial charge in [-0.2, -0.15) is 8.78 Å². The summed E-state index contributed by atoms with van der Waals surface area (Å²) in [4.78, 5) is 19.5. The van der Waals surface area contributed by atoms with Crippen LogP contribution < -0.4 is 10.1 Å². The molecule has 0 unspecified atom stereocenters. The molecule has 0 saturated carbocycles. The van der Waals surface area contributed by atoms with Gasteiger partial charge in [0.05, 0.1) is 6.54 Å². The molecule has 0 radical (unpaired) electrons. The van der Waals surface area contributed by atoms with Crippen LogP contribution in [0.25, 0.3) is 0 Å². The number of benzene rings is 2. The van der Waals surface area contributed by atoms with Crippen LogP contribution in [0.1, 0.15) is 59.3 Å². The maximum atomic E-state index is 14.1. The van der Waals surface area contributed by atoms with Gasteiger partial charge in [-0.1, -0.05) is 50.1 Å². The molecule has 0 atom stereocenters. The summed E-state index contributed by atoms with van der Waals surface area (Å²) in [5, 5.41) is 3.63. The Morgan fingerprint density at radius 2 is 1.64 bits per heavy atom. The van der Waals surface area contributed by atoms with Gasteiger partial charge in [0.25, 0.3) is 0 Å². The lowest BCUT2D eigenvalue weighted by molar-refractivity contribution is 0.0721. The van der Waals surface area contributed by atoms with E-state index in [-0.39, 0.29) is 10.7 Å². The molecule has 1 saturated heterocycles. The number of halogens is 5. The van der Waals surface area contributed by atoms with Gasteiger partial charge in [0, 0.05) is 6.54 Å². The molecular weight excluding hydrogens is 537 g/mol. The number of aromatic nitrogens is 1. The SMILES string of the molecule is CCCCCNc1nc(CN2CCC(Cc3ccccc3)CC2)sc1C(=O)Oc1c(F)c(F)c(F)c(F)c1F. The first-order valence-electron chi connectivity index (χ1n) is 13.0. The zero-order valence-electron chi connectivity index (χ0n) is 21.5. The van der Waals surface area contributed by atoms with Crippen molar-refractivity contribution in [2.24, 2.45) is 5.92 Å². The fourth-order valence-corrected chi connectivity index (χ4v) is 5.53. The average molecular weight is 568 g/mol. The molecule has 0 amide bonds. The number of nitrogens with zero attached hydrogens (tertiary/aromatic N) is 2. The molecule has 4 rings (SSSR count). The number of anilines is 1. The molecule has 11 heteroatoms. The summed E-state index contributed by atoms with van der Waals surface area (Å²) in [6.45, 7) is 4.69. The lowest BCUT2D eigenvalue weighted by Gasteiger charge is -2.31. The minimum Gasteiger partial charge on any atom is -0.416 e. The van der Waals surface area contributed by atoms with Crippen molar-refractivity contribution in [3.8, 4) is 5.75 Å². The molecule has 2 heterocycles. The number of ether oxygens (including phenoxy) is 1. The van der Waals surface area contributed by atoms with Gasteiger partial charge in [-0.3, -0.25) is 4.90 Å². The highest BCUT2D eigenvalue weighted by Gasteiger charge is 2.31. The van der Waals surface area contributed by atoms with E-state index in [1.807, 2.05) is 25.1 Å². The van der Waals surface area contributed by atoms with Gasteiger partial charge in [-0.25, -0.2) is 22.9 Å². The van der Waals surface area contributed by atoms with Crippen molar-refractivity contribution in [3.63, 3.8) is 0 Å². The van der Waals surface area contributed by atoms with E-state index < -0.39 is 40.8 Å². The van der Waals surface area contributed by atoms with Crippen LogP contribution in [0.15, 0.2) is 30.3 Å². The highest BCUT2D eigenvalue weighted by molar-refractivity contribution is 7.14. The molecule has 3 aromatic rings. The Labute approximate surface area is 228 Å². The maximum absolute atomic E-state index is 14.1. The standard InChI is InChI=1S/C28H30F5N3O2S/c1-2-3-7-12-34-27-26(28(37)38-25-23(32)21(30)20(29)22(31)24(25)33)39-19(35-27)16-36-13-10-18(11-14-36)15-17-8-5-4-6-9-17/h4-6,8-9,18,34H,2-3,7,10-16H2,1H3. The number of unbranched alkanes of at least 4 members (excludes halogenated alkanes) is 2. The summed E-state index contributed by atoms with van der Waals surface area (Å²) < 4.78 is 73.5. The predicted molar refractivity (Wildman–Crippen MR) is 139 cm³/mol. The van der Waals surface area contributed by atoms with Gasteiger partial charge in [-0.15, -0.1) is 11.3 Å². The quantitative estimate of drug-likeness (QED) is 0.0668. The van der Waals surface area contributed by atoms with Crippen LogP contribution in [0, 0.1) is 35.0 Å². The monoisotopic (exact) mass is 567 g/mol. The van der Waals surface area contributed by atoms with Crippen LogP contribution in [-0.2, 0) is 13.0 Å². The molecular formula is C28H30F5N3O2S. The first-order chi connectivity index (χ1) is 18.8. The van der Waals surface area contributed by atoms with E-state index in [0.717, 1.165) is 63.0 Å². The van der Waals surface area contributed by atoms with Crippen molar-refractivity contribution in [2.45, 2.75) is 52.0 Å². The summed E-state index contributed by atoms with van der Waals surface area (Å²) in [6, 6.07) is 10.3. The van der Waals surface area contributed by atoms with E-state index in [9.17, 15) is 26.7 Å². The number of carbonyl (C=O) groups excluding carboxylic acids is 1. The van der Waals surface area contributed by atoms with E-state index in [4.69, 9.17) is 4.74 Å². The van der Waals surface area contributed by atoms with Crippen molar-refractivity contribution < 1.29 is 31.5 Å². The molecule has 2 aromatic carbocycles. The number of rotatable bonds is 11. The number of piperidine rings is 1. The Bertz CT molecular complexity index is 1250. The molecule has 0 spiro atoms. The number of thiazole rings is 1. The highest BCUT2D eigenvalue weighted by atomic mass is 32.1. The Morgan fingerprint density at radius 1 is 1.00 bits per heavy atom. The molecule has 1 fully saturated rings. The minimum atomic E-state index is -2.32. The molecule has 1 N–H and O–H groups in total. The smallest absolute Gasteiger partial charge is 0.357 e. The minimum absolute atomic E-state index is 0.0931. The Balaban J connectivity index is 1.46. The van der Waals surface area contributed by atoms with E-state index in [2.05, 4.69) is 27.3 Å². The molecule has 0 aliphatic carbocycles. The Morgan fingerprint density at radius 3 is 2.28 bits per heavy atom. The third-order valence-electron chi connectivity index (χ3n) is 6.73. The van der Waals surface area contributed by atoms with E-state index in [1.165, 1.54) is 5.56 Å². The Hall–Kier alpha value is -3.05. The van der Waals surface area contributed by atoms with Crippen LogP contribution in [0.4, 0.5) is 27.8 Å². The number of likely N-dealkylation sites (tertiary alicyclic amines) is 1. The summed E-state index contributed by atoms with van der Waals surface area (Å²) in [6.07, 6.45) is 5.75. The van der Waals surface area contributed by atoms with Crippen LogP contribution >= 0.6 is 11.3 Å². The predicted octanol–water partition coefficient (Wildman–Crippen LogP) is 7.11. The highest BCUT2D eigenvalue weighted by Crippen LogP contribution is 2.32. The lowest BCUT2D eigenvalue weighted by Crippen LogP contribution is -2.33. The molecule has 1 aliphatic rings. The fraction of sp³-hybridized carbons (Fsp3) is 0.429. The molecule has 39 heavy (non-hydrogen) atoms. The molecule has 1 aliphatic heterocycles. The number of esters is 1. The van der Waals surface area contributed by atoms with E-state index in [0.29, 0.717) is 24.0 Å². The van der Waals surface area contributed by atoms with Crippen molar-refractivity contribution >= 4 is 23.1 Å². The third kappa shape index (κ3) is 7.13. The second-order valence-corrected chi connectivity index (χ2v) is 10.7. The van der Waals surface area contributed by atoms with E-state index in [1.54, 1.807) is 0 Å². The van der Waals surface area contributed by atoms with Crippen LogP contribution in [-0.4, -0.2) is 35.5 Å². The van der Waals surface area contributed by atoms with Gasteiger partial charge >= 0.3 is 5.97 Å². The van der Waals surface area contributed by atoms with Gasteiger partial charge in [0.1, 0.15) is 5.01 Å². The fourth-order valence-electron chi connectivity index (χ4n) is 4.57. The summed E-state index contributed by atoms with van der Waals surface area (Å²) >= 11 is 0.975. The number of nitrogens with one attached hydrogen (secondary N) is 1. The summed E-state index contributed by atoms with van der Waals surface area (Å²) in [5.74, 6) is -13.3. The van der Waals surface area contributed by atoms with Crippen LogP contribution in [0.3, 0.4) is 0 Å². The zero-order valence-corrected chi connectivity index (χ0v) is 22.4. The first kappa shape index (κ1) is 28.9. The second-order valence-electron chi connectivity index (χ2n) is 9.62. The second kappa shape index (κ2) is 13.3. The number of carbonyl (C=O) groups is 1. The van der Waals surface area contributed by atoms with Crippen molar-refractivity contribution in [1.29, 1.82) is 0 Å². The average Bonchev–Trinajstić information content (AvgIpc) is 3.35. The summed E-state index contributed by atoms with van der Waals surface area (Å²) in [7, 11) is 0. The zero-order chi connectivity index (χ0) is 27.9.